The zero-order valence-electron chi connectivity index (χ0n) is 21.0. The Morgan fingerprint density at radius 2 is 1.82 bits per heavy atom. The van der Waals surface area contributed by atoms with Crippen LogP contribution in [-0.2, 0) is 6.54 Å². The maximum Gasteiger partial charge on any atom is 0.269 e. The van der Waals surface area contributed by atoms with Crippen LogP contribution in [0, 0.1) is 5.92 Å². The first-order chi connectivity index (χ1) is 16.6. The Morgan fingerprint density at radius 3 is 2.62 bits per heavy atom. The smallest absolute Gasteiger partial charge is 0.269 e. The van der Waals surface area contributed by atoms with Gasteiger partial charge in [-0.2, -0.15) is 0 Å². The summed E-state index contributed by atoms with van der Waals surface area (Å²) >= 11 is 3.72. The zero-order valence-corrected chi connectivity index (χ0v) is 22.7. The van der Waals surface area contributed by atoms with Crippen LogP contribution in [0.5, 0.6) is 0 Å². The summed E-state index contributed by atoms with van der Waals surface area (Å²) in [4.78, 5) is 15.8. The van der Waals surface area contributed by atoms with E-state index in [9.17, 15) is 4.79 Å². The summed E-state index contributed by atoms with van der Waals surface area (Å²) in [7, 11) is 0. The normalized spacial score (nSPS) is 31.5. The molecule has 34 heavy (non-hydrogen) atoms. The van der Waals surface area contributed by atoms with E-state index in [2.05, 4.69) is 60.8 Å². The lowest BCUT2D eigenvalue weighted by Crippen LogP contribution is -2.42. The SMILES string of the molecule is CCN1C=C/C(=C\C=c2sc(=CC3=[N+](CC)C4CCCCC4S3)n(CC)c2=O)C2CCCCC21. The third-order valence-corrected chi connectivity index (χ3v) is 10.8. The molecule has 0 amide bonds. The lowest BCUT2D eigenvalue weighted by Gasteiger charge is -2.42. The molecule has 4 atom stereocenters. The highest BCUT2D eigenvalue weighted by molar-refractivity contribution is 8.15. The van der Waals surface area contributed by atoms with Crippen LogP contribution in [0.3, 0.4) is 0 Å². The van der Waals surface area contributed by atoms with Gasteiger partial charge in [-0.1, -0.05) is 25.3 Å². The summed E-state index contributed by atoms with van der Waals surface area (Å²) in [6.45, 7) is 9.46. The summed E-state index contributed by atoms with van der Waals surface area (Å²) in [5.41, 5.74) is 1.56. The molecule has 0 radical (unpaired) electrons. The third-order valence-electron chi connectivity index (χ3n) is 8.30. The van der Waals surface area contributed by atoms with Crippen molar-refractivity contribution in [1.82, 2.24) is 9.47 Å². The molecular weight excluding hydrogens is 458 g/mol. The second-order valence-corrected chi connectivity index (χ2v) is 12.4. The minimum absolute atomic E-state index is 0.162. The number of fused-ring (bicyclic) bond motifs is 2. The number of nitrogens with zero attached hydrogens (tertiary/aromatic N) is 3. The maximum atomic E-state index is 13.3. The van der Waals surface area contributed by atoms with Crippen LogP contribution in [0.4, 0.5) is 0 Å². The lowest BCUT2D eigenvalue weighted by atomic mass is 9.77. The molecular formula is C28H40N3OS2+. The number of thiazole rings is 1. The third kappa shape index (κ3) is 4.53. The molecule has 2 fully saturated rings. The number of hydrogen-bond acceptors (Lipinski definition) is 4. The first-order valence-electron chi connectivity index (χ1n) is 13.5. The van der Waals surface area contributed by atoms with Crippen molar-refractivity contribution in [2.75, 3.05) is 13.1 Å². The largest absolute Gasteiger partial charge is 0.374 e. The Labute approximate surface area is 212 Å². The van der Waals surface area contributed by atoms with Gasteiger partial charge in [-0.3, -0.25) is 9.36 Å². The molecule has 184 valence electrons. The van der Waals surface area contributed by atoms with Crippen molar-refractivity contribution < 1.29 is 4.58 Å². The maximum absolute atomic E-state index is 13.3. The molecule has 0 N–H and O–H groups in total. The predicted octanol–water partition coefficient (Wildman–Crippen LogP) is 4.31. The Morgan fingerprint density at radius 1 is 1.03 bits per heavy atom. The zero-order chi connectivity index (χ0) is 23.7. The van der Waals surface area contributed by atoms with Crippen LogP contribution < -0.4 is 14.8 Å². The average molecular weight is 499 g/mol. The molecule has 1 aromatic heterocycles. The number of rotatable bonds is 5. The standard InChI is InChI=1S/C28H40N3OS2/c1-4-29-18-17-20(21-11-7-8-12-22(21)29)15-16-25-28(32)31(6-3)27(34-25)19-26-30(5-2)23-13-9-10-14-24(23)33-26/h15-19,21-24H,4-14H2,1-3H3/q+1/b20-15+,25-16?. The van der Waals surface area contributed by atoms with Gasteiger partial charge in [0.05, 0.1) is 15.9 Å². The van der Waals surface area contributed by atoms with Crippen molar-refractivity contribution in [1.29, 1.82) is 0 Å². The van der Waals surface area contributed by atoms with Crippen LogP contribution in [0.25, 0.3) is 12.2 Å². The van der Waals surface area contributed by atoms with Gasteiger partial charge in [0.2, 0.25) is 5.04 Å². The van der Waals surface area contributed by atoms with Gasteiger partial charge in [-0.25, -0.2) is 4.58 Å². The quantitative estimate of drug-likeness (QED) is 0.566. The summed E-state index contributed by atoms with van der Waals surface area (Å²) in [6.07, 6.45) is 21.8. The molecule has 0 aromatic carbocycles. The molecule has 5 rings (SSSR count). The average Bonchev–Trinajstić information content (AvgIpc) is 3.38. The lowest BCUT2D eigenvalue weighted by molar-refractivity contribution is -0.557. The highest BCUT2D eigenvalue weighted by atomic mass is 32.2. The van der Waals surface area contributed by atoms with Crippen LogP contribution in [0.1, 0.15) is 72.1 Å². The van der Waals surface area contributed by atoms with Crippen molar-refractivity contribution in [2.45, 2.75) is 96.0 Å². The molecule has 0 spiro atoms. The van der Waals surface area contributed by atoms with E-state index >= 15 is 0 Å². The molecule has 0 saturated heterocycles. The van der Waals surface area contributed by atoms with E-state index < -0.39 is 0 Å². The van der Waals surface area contributed by atoms with Crippen molar-refractivity contribution in [3.05, 3.63) is 43.5 Å². The van der Waals surface area contributed by atoms with Crippen molar-refractivity contribution in [3.63, 3.8) is 0 Å². The van der Waals surface area contributed by atoms with Gasteiger partial charge in [-0.15, -0.1) is 11.3 Å². The fourth-order valence-electron chi connectivity index (χ4n) is 6.53. The van der Waals surface area contributed by atoms with Gasteiger partial charge in [-0.05, 0) is 82.1 Å². The molecule has 4 unspecified atom stereocenters. The van der Waals surface area contributed by atoms with E-state index in [-0.39, 0.29) is 5.56 Å². The van der Waals surface area contributed by atoms with Gasteiger partial charge >= 0.3 is 0 Å². The molecule has 0 bridgehead atoms. The van der Waals surface area contributed by atoms with Gasteiger partial charge < -0.3 is 4.90 Å². The van der Waals surface area contributed by atoms with Crippen LogP contribution in [0.2, 0.25) is 0 Å². The first-order valence-corrected chi connectivity index (χ1v) is 15.2. The van der Waals surface area contributed by atoms with E-state index in [1.807, 2.05) is 16.3 Å². The monoisotopic (exact) mass is 498 g/mol. The highest BCUT2D eigenvalue weighted by Crippen LogP contribution is 2.38. The summed E-state index contributed by atoms with van der Waals surface area (Å²) in [5, 5.41) is 2.09. The van der Waals surface area contributed by atoms with Gasteiger partial charge in [0, 0.05) is 31.5 Å². The Hall–Kier alpha value is -1.53. The Kier molecular flexibility index (Phi) is 7.55. The molecule has 3 heterocycles. The minimum atomic E-state index is 0.162. The van der Waals surface area contributed by atoms with E-state index in [4.69, 9.17) is 0 Å². The Balaban J connectivity index is 1.51. The van der Waals surface area contributed by atoms with E-state index in [0.29, 0.717) is 18.0 Å². The second-order valence-electron chi connectivity index (χ2n) is 10.1. The van der Waals surface area contributed by atoms with E-state index in [1.165, 1.54) is 62.0 Å². The molecule has 6 heteroatoms. The summed E-state index contributed by atoms with van der Waals surface area (Å²) < 4.78 is 6.53. The number of aromatic nitrogens is 1. The van der Waals surface area contributed by atoms with Crippen molar-refractivity contribution >= 4 is 40.3 Å². The van der Waals surface area contributed by atoms with Crippen LogP contribution in [-0.4, -0.2) is 49.5 Å². The highest BCUT2D eigenvalue weighted by Gasteiger charge is 2.42. The molecule has 2 saturated carbocycles. The first kappa shape index (κ1) is 24.2. The molecule has 2 aliphatic carbocycles. The Bertz CT molecular complexity index is 1170. The van der Waals surface area contributed by atoms with Gasteiger partial charge in [0.25, 0.3) is 5.56 Å². The van der Waals surface area contributed by atoms with Crippen molar-refractivity contribution in [3.8, 4) is 0 Å². The fourth-order valence-corrected chi connectivity index (χ4v) is 9.27. The molecule has 1 aromatic rings. The van der Waals surface area contributed by atoms with Crippen LogP contribution >= 0.6 is 23.1 Å². The van der Waals surface area contributed by atoms with E-state index in [0.717, 1.165) is 34.1 Å². The second kappa shape index (κ2) is 10.6. The molecule has 4 aliphatic rings. The van der Waals surface area contributed by atoms with E-state index in [1.54, 1.807) is 11.3 Å². The predicted molar refractivity (Wildman–Crippen MR) is 147 cm³/mol. The molecule has 4 nitrogen and oxygen atoms in total. The van der Waals surface area contributed by atoms with Crippen LogP contribution in [0.15, 0.2) is 28.7 Å². The van der Waals surface area contributed by atoms with Crippen molar-refractivity contribution in [2.24, 2.45) is 5.92 Å². The minimum Gasteiger partial charge on any atom is -0.374 e. The summed E-state index contributed by atoms with van der Waals surface area (Å²) in [6, 6.07) is 1.30. The summed E-state index contributed by atoms with van der Waals surface area (Å²) in [5.74, 6) is 0.598. The van der Waals surface area contributed by atoms with Gasteiger partial charge in [0.1, 0.15) is 11.2 Å². The topological polar surface area (TPSA) is 28.2 Å². The number of hydrogen-bond donors (Lipinski definition) is 0. The molecule has 2 aliphatic heterocycles. The van der Waals surface area contributed by atoms with Gasteiger partial charge in [0.15, 0.2) is 6.04 Å². The number of allylic oxidation sites excluding steroid dienone is 2. The fraction of sp³-hybridized carbons (Fsp3) is 0.643. The number of thioether (sulfide) groups is 1.